The molecule has 17 heavy (non-hydrogen) atoms. The quantitative estimate of drug-likeness (QED) is 0.531. The normalized spacial score (nSPS) is 9.88. The molecule has 0 aromatic heterocycles. The fraction of sp³-hybridized carbons (Fsp3) is 1.00. The summed E-state index contributed by atoms with van der Waals surface area (Å²) in [7, 11) is 0. The molecule has 0 aliphatic heterocycles. The van der Waals surface area contributed by atoms with Crippen molar-refractivity contribution in [3.63, 3.8) is 0 Å². The average Bonchev–Trinajstić information content (AvgIpc) is 2.38. The Morgan fingerprint density at radius 2 is 1.06 bits per heavy atom. The summed E-state index contributed by atoms with van der Waals surface area (Å²) >= 11 is 0. The van der Waals surface area contributed by atoms with E-state index < -0.39 is 0 Å². The molecule has 0 atom stereocenters. The highest BCUT2D eigenvalue weighted by Crippen LogP contribution is 1.81. The summed E-state index contributed by atoms with van der Waals surface area (Å²) in [6.07, 6.45) is 0. The molecule has 0 unspecified atom stereocenters. The van der Waals surface area contributed by atoms with E-state index in [4.69, 9.17) is 24.7 Å². The summed E-state index contributed by atoms with van der Waals surface area (Å²) in [5.41, 5.74) is 5.25. The Bertz CT molecular complexity index is 108. The lowest BCUT2D eigenvalue weighted by Gasteiger charge is -2.06. The maximum atomic E-state index is 5.26. The SMILES string of the molecule is CC.CCOCCOCCOCCOCCN.[HH]. The van der Waals surface area contributed by atoms with E-state index in [1.807, 2.05) is 20.8 Å². The van der Waals surface area contributed by atoms with Crippen LogP contribution in [0.1, 0.15) is 22.2 Å². The number of hydrogen-bond donors (Lipinski definition) is 1. The molecular formula is C12H31NO4. The molecule has 0 aliphatic rings. The second-order valence-corrected chi connectivity index (χ2v) is 2.82. The van der Waals surface area contributed by atoms with Gasteiger partial charge in [-0.15, -0.1) is 0 Å². The summed E-state index contributed by atoms with van der Waals surface area (Å²) in [5.74, 6) is 0. The Balaban J connectivity index is -0.000000709. The lowest BCUT2D eigenvalue weighted by Crippen LogP contribution is -2.14. The third-order valence-electron chi connectivity index (χ3n) is 1.58. The minimum Gasteiger partial charge on any atom is -0.379 e. The van der Waals surface area contributed by atoms with E-state index >= 15 is 0 Å². The number of nitrogens with two attached hydrogens (primary N) is 1. The van der Waals surface area contributed by atoms with Gasteiger partial charge in [-0.05, 0) is 6.92 Å². The molecule has 0 rings (SSSR count). The smallest absolute Gasteiger partial charge is 0.0701 e. The molecule has 5 nitrogen and oxygen atoms in total. The summed E-state index contributed by atoms with van der Waals surface area (Å²) in [6.45, 7) is 11.5. The fourth-order valence-electron chi connectivity index (χ4n) is 0.887. The van der Waals surface area contributed by atoms with Gasteiger partial charge in [-0.1, -0.05) is 13.8 Å². The lowest BCUT2D eigenvalue weighted by molar-refractivity contribution is 0.000383. The molecule has 0 saturated carbocycles. The first-order valence-electron chi connectivity index (χ1n) is 6.42. The predicted octanol–water partition coefficient (Wildman–Crippen LogP) is 1.30. The van der Waals surface area contributed by atoms with Gasteiger partial charge in [0.2, 0.25) is 0 Å². The molecular weight excluding hydrogens is 222 g/mol. The van der Waals surface area contributed by atoms with Crippen molar-refractivity contribution >= 4 is 0 Å². The van der Waals surface area contributed by atoms with Gasteiger partial charge in [0.15, 0.2) is 0 Å². The zero-order chi connectivity index (χ0) is 13.2. The van der Waals surface area contributed by atoms with E-state index in [-0.39, 0.29) is 1.43 Å². The molecule has 2 N–H and O–H groups in total. The fourth-order valence-corrected chi connectivity index (χ4v) is 0.887. The molecule has 0 aromatic carbocycles. The topological polar surface area (TPSA) is 62.9 Å². The van der Waals surface area contributed by atoms with Crippen LogP contribution in [0, 0.1) is 0 Å². The van der Waals surface area contributed by atoms with Gasteiger partial charge in [0.25, 0.3) is 0 Å². The Morgan fingerprint density at radius 1 is 0.706 bits per heavy atom. The lowest BCUT2D eigenvalue weighted by atomic mass is 10.7. The van der Waals surface area contributed by atoms with Crippen molar-refractivity contribution < 1.29 is 20.4 Å². The average molecular weight is 253 g/mol. The van der Waals surface area contributed by atoms with Crippen LogP contribution in [0.15, 0.2) is 0 Å². The molecule has 0 aromatic rings. The second kappa shape index (κ2) is 21.1. The zero-order valence-electron chi connectivity index (χ0n) is 11.6. The van der Waals surface area contributed by atoms with Crippen LogP contribution >= 0.6 is 0 Å². The van der Waals surface area contributed by atoms with Crippen molar-refractivity contribution in [2.45, 2.75) is 20.8 Å². The first kappa shape index (κ1) is 19.1. The second-order valence-electron chi connectivity index (χ2n) is 2.82. The Labute approximate surface area is 107 Å². The van der Waals surface area contributed by atoms with E-state index in [2.05, 4.69) is 0 Å². The van der Waals surface area contributed by atoms with Crippen molar-refractivity contribution in [2.75, 3.05) is 59.4 Å². The standard InChI is InChI=1S/C10H23NO4.C2H6.H2/c1-2-12-5-6-14-9-10-15-8-7-13-4-3-11;1-2;/h2-11H2,1H3;1-2H3;1H. The summed E-state index contributed by atoms with van der Waals surface area (Å²) in [4.78, 5) is 0. The summed E-state index contributed by atoms with van der Waals surface area (Å²) in [5, 5.41) is 0. The van der Waals surface area contributed by atoms with Crippen LogP contribution in [-0.4, -0.2) is 59.4 Å². The van der Waals surface area contributed by atoms with Gasteiger partial charge in [0.1, 0.15) is 0 Å². The van der Waals surface area contributed by atoms with Gasteiger partial charge < -0.3 is 24.7 Å². The molecule has 5 heteroatoms. The highest BCUT2D eigenvalue weighted by molar-refractivity contribution is 4.35. The molecule has 0 radical (unpaired) electrons. The minimum absolute atomic E-state index is 0. The Kier molecular flexibility index (Phi) is 23.8. The first-order valence-corrected chi connectivity index (χ1v) is 6.42. The van der Waals surface area contributed by atoms with Gasteiger partial charge >= 0.3 is 0 Å². The molecule has 108 valence electrons. The van der Waals surface area contributed by atoms with Gasteiger partial charge in [0, 0.05) is 14.6 Å². The van der Waals surface area contributed by atoms with Gasteiger partial charge in [-0.3, -0.25) is 0 Å². The minimum atomic E-state index is 0. The Hall–Kier alpha value is -0.200. The molecule has 0 bridgehead atoms. The van der Waals surface area contributed by atoms with Crippen LogP contribution < -0.4 is 5.73 Å². The number of hydrogen-bond acceptors (Lipinski definition) is 5. The first-order chi connectivity index (χ1) is 8.41. The van der Waals surface area contributed by atoms with Crippen LogP contribution in [0.2, 0.25) is 0 Å². The number of ether oxygens (including phenoxy) is 4. The molecule has 0 saturated heterocycles. The third-order valence-corrected chi connectivity index (χ3v) is 1.58. The van der Waals surface area contributed by atoms with Crippen LogP contribution in [0.4, 0.5) is 0 Å². The van der Waals surface area contributed by atoms with Crippen molar-refractivity contribution in [3.05, 3.63) is 0 Å². The van der Waals surface area contributed by atoms with Crippen molar-refractivity contribution in [1.29, 1.82) is 0 Å². The Morgan fingerprint density at radius 3 is 1.41 bits per heavy atom. The molecule has 0 fully saturated rings. The van der Waals surface area contributed by atoms with Gasteiger partial charge in [0.05, 0.1) is 46.2 Å². The zero-order valence-corrected chi connectivity index (χ0v) is 11.6. The molecule has 0 heterocycles. The van der Waals surface area contributed by atoms with Crippen LogP contribution in [0.25, 0.3) is 0 Å². The molecule has 0 aliphatic carbocycles. The van der Waals surface area contributed by atoms with Crippen LogP contribution in [0.3, 0.4) is 0 Å². The maximum absolute atomic E-state index is 5.26. The largest absolute Gasteiger partial charge is 0.379 e. The predicted molar refractivity (Wildman–Crippen MR) is 71.5 cm³/mol. The van der Waals surface area contributed by atoms with Crippen LogP contribution in [-0.2, 0) is 18.9 Å². The van der Waals surface area contributed by atoms with Crippen molar-refractivity contribution in [1.82, 2.24) is 0 Å². The van der Waals surface area contributed by atoms with Crippen molar-refractivity contribution in [2.24, 2.45) is 5.73 Å². The van der Waals surface area contributed by atoms with Gasteiger partial charge in [-0.25, -0.2) is 0 Å². The highest BCUT2D eigenvalue weighted by atomic mass is 16.6. The van der Waals surface area contributed by atoms with E-state index in [0.717, 1.165) is 6.61 Å². The molecule has 0 amide bonds. The van der Waals surface area contributed by atoms with E-state index in [0.29, 0.717) is 52.8 Å². The van der Waals surface area contributed by atoms with E-state index in [9.17, 15) is 0 Å². The summed E-state index contributed by atoms with van der Waals surface area (Å²) < 4.78 is 20.7. The van der Waals surface area contributed by atoms with Gasteiger partial charge in [-0.2, -0.15) is 0 Å². The monoisotopic (exact) mass is 253 g/mol. The maximum Gasteiger partial charge on any atom is 0.0701 e. The highest BCUT2D eigenvalue weighted by Gasteiger charge is 1.90. The van der Waals surface area contributed by atoms with Crippen molar-refractivity contribution in [3.8, 4) is 0 Å². The van der Waals surface area contributed by atoms with Crippen LogP contribution in [0.5, 0.6) is 0 Å². The summed E-state index contributed by atoms with van der Waals surface area (Å²) in [6, 6.07) is 0. The molecule has 0 spiro atoms. The van der Waals surface area contributed by atoms with E-state index in [1.54, 1.807) is 0 Å². The number of rotatable bonds is 12. The third kappa shape index (κ3) is 21.6. The van der Waals surface area contributed by atoms with E-state index in [1.165, 1.54) is 0 Å².